The van der Waals surface area contributed by atoms with E-state index in [-0.39, 0.29) is 11.3 Å². The Morgan fingerprint density at radius 2 is 2.00 bits per heavy atom. The first kappa shape index (κ1) is 13.6. The maximum atomic E-state index is 13.8. The van der Waals surface area contributed by atoms with Gasteiger partial charge in [-0.25, -0.2) is 13.5 Å². The Morgan fingerprint density at radius 3 is 2.68 bits per heavy atom. The topological polar surface area (TPSA) is 42.7 Å². The fraction of sp³-hybridized carbons (Fsp3) is 0.385. The van der Waals surface area contributed by atoms with Crippen LogP contribution in [0.3, 0.4) is 0 Å². The Hall–Kier alpha value is -1.82. The maximum absolute atomic E-state index is 13.8. The highest BCUT2D eigenvalue weighted by atomic mass is 19.1. The number of benzene rings is 1. The molecule has 1 aromatic heterocycles. The van der Waals surface area contributed by atoms with E-state index in [0.717, 1.165) is 12.1 Å². The second kappa shape index (κ2) is 5.44. The lowest BCUT2D eigenvalue weighted by atomic mass is 10.2. The van der Waals surface area contributed by atoms with Gasteiger partial charge in [0, 0.05) is 18.7 Å². The summed E-state index contributed by atoms with van der Waals surface area (Å²) in [7, 11) is 0. The summed E-state index contributed by atoms with van der Waals surface area (Å²) < 4.78 is 28.5. The van der Waals surface area contributed by atoms with Crippen LogP contribution in [-0.4, -0.2) is 21.0 Å². The lowest BCUT2D eigenvalue weighted by molar-refractivity contribution is 0.577. The van der Waals surface area contributed by atoms with Crippen LogP contribution in [0.25, 0.3) is 5.69 Å². The van der Waals surface area contributed by atoms with Gasteiger partial charge in [0.2, 0.25) is 0 Å². The quantitative estimate of drug-likeness (QED) is 0.923. The molecule has 4 nitrogen and oxygen atoms in total. The van der Waals surface area contributed by atoms with Gasteiger partial charge in [-0.3, -0.25) is 0 Å². The van der Waals surface area contributed by atoms with E-state index in [1.807, 2.05) is 13.8 Å². The van der Waals surface area contributed by atoms with E-state index in [4.69, 9.17) is 0 Å². The van der Waals surface area contributed by atoms with Crippen molar-refractivity contribution in [1.29, 1.82) is 0 Å². The van der Waals surface area contributed by atoms with Crippen LogP contribution < -0.4 is 5.32 Å². The Labute approximate surface area is 110 Å². The first-order chi connectivity index (χ1) is 8.97. The number of aromatic nitrogens is 3. The minimum atomic E-state index is -0.521. The lowest BCUT2D eigenvalue weighted by Gasteiger charge is -2.05. The van der Waals surface area contributed by atoms with Crippen molar-refractivity contribution in [1.82, 2.24) is 20.3 Å². The average Bonchev–Trinajstić information content (AvgIpc) is 2.80. The zero-order valence-electron chi connectivity index (χ0n) is 11.1. The van der Waals surface area contributed by atoms with Gasteiger partial charge in [0.25, 0.3) is 0 Å². The molecular weight excluding hydrogens is 250 g/mol. The van der Waals surface area contributed by atoms with Crippen LogP contribution in [-0.2, 0) is 6.54 Å². The number of hydrogen-bond donors (Lipinski definition) is 1. The summed E-state index contributed by atoms with van der Waals surface area (Å²) in [4.78, 5) is 0. The fourth-order valence-corrected chi connectivity index (χ4v) is 1.62. The molecule has 0 saturated carbocycles. The van der Waals surface area contributed by atoms with Gasteiger partial charge in [-0.1, -0.05) is 19.1 Å². The summed E-state index contributed by atoms with van der Waals surface area (Å²) in [5.74, 6) is -0.985. The highest BCUT2D eigenvalue weighted by Gasteiger charge is 2.11. The van der Waals surface area contributed by atoms with Gasteiger partial charge in [0.15, 0.2) is 0 Å². The lowest BCUT2D eigenvalue weighted by Crippen LogP contribution is -2.21. The zero-order valence-corrected chi connectivity index (χ0v) is 11.1. The van der Waals surface area contributed by atoms with Crippen molar-refractivity contribution >= 4 is 0 Å². The molecule has 0 amide bonds. The van der Waals surface area contributed by atoms with E-state index in [9.17, 15) is 8.78 Å². The highest BCUT2D eigenvalue weighted by Crippen LogP contribution is 2.17. The third-order valence-electron chi connectivity index (χ3n) is 2.71. The van der Waals surface area contributed by atoms with E-state index >= 15 is 0 Å². The molecular formula is C13H16F2N4. The molecule has 0 aliphatic carbocycles. The summed E-state index contributed by atoms with van der Waals surface area (Å²) in [6.07, 6.45) is 1.59. The Bertz CT molecular complexity index is 578. The van der Waals surface area contributed by atoms with Crippen molar-refractivity contribution in [2.24, 2.45) is 0 Å². The van der Waals surface area contributed by atoms with Crippen LogP contribution in [0.2, 0.25) is 0 Å². The molecule has 0 bridgehead atoms. The third kappa shape index (κ3) is 3.14. The summed E-state index contributed by atoms with van der Waals surface area (Å²) in [5, 5.41) is 10.9. The van der Waals surface area contributed by atoms with E-state index in [2.05, 4.69) is 15.6 Å². The van der Waals surface area contributed by atoms with Crippen LogP contribution >= 0.6 is 0 Å². The molecule has 0 aliphatic heterocycles. The molecule has 0 aliphatic rings. The molecule has 0 spiro atoms. The second-order valence-electron chi connectivity index (χ2n) is 4.74. The fourth-order valence-electron chi connectivity index (χ4n) is 1.62. The van der Waals surface area contributed by atoms with Crippen molar-refractivity contribution in [2.45, 2.75) is 33.4 Å². The molecule has 6 heteroatoms. The van der Waals surface area contributed by atoms with E-state index in [0.29, 0.717) is 18.3 Å². The van der Waals surface area contributed by atoms with Crippen molar-refractivity contribution in [3.63, 3.8) is 0 Å². The maximum Gasteiger partial charge on any atom is 0.149 e. The SMILES string of the molecule is Cc1cc(F)c(-n2cc(CNC(C)C)nn2)cc1F. The number of halogens is 2. The molecule has 0 saturated heterocycles. The van der Waals surface area contributed by atoms with Crippen molar-refractivity contribution in [3.8, 4) is 5.69 Å². The summed E-state index contributed by atoms with van der Waals surface area (Å²) in [6, 6.07) is 2.59. The predicted molar refractivity (Wildman–Crippen MR) is 68.0 cm³/mol. The summed E-state index contributed by atoms with van der Waals surface area (Å²) >= 11 is 0. The Kier molecular flexibility index (Phi) is 3.90. The highest BCUT2D eigenvalue weighted by molar-refractivity contribution is 5.36. The summed E-state index contributed by atoms with van der Waals surface area (Å²) in [6.45, 7) is 6.08. The molecule has 2 aromatic rings. The van der Waals surface area contributed by atoms with Crippen molar-refractivity contribution < 1.29 is 8.78 Å². The van der Waals surface area contributed by atoms with Gasteiger partial charge in [-0.05, 0) is 18.6 Å². The molecule has 1 aromatic carbocycles. The molecule has 0 fully saturated rings. The van der Waals surface area contributed by atoms with Gasteiger partial charge in [0.05, 0.1) is 11.9 Å². The van der Waals surface area contributed by atoms with Gasteiger partial charge in [-0.2, -0.15) is 0 Å². The molecule has 0 radical (unpaired) electrons. The predicted octanol–water partition coefficient (Wildman–Crippen LogP) is 2.35. The third-order valence-corrected chi connectivity index (χ3v) is 2.71. The van der Waals surface area contributed by atoms with E-state index in [1.54, 1.807) is 6.20 Å². The van der Waals surface area contributed by atoms with Crippen molar-refractivity contribution in [2.75, 3.05) is 0 Å². The molecule has 102 valence electrons. The van der Waals surface area contributed by atoms with Crippen LogP contribution in [0.4, 0.5) is 8.78 Å². The normalized spacial score (nSPS) is 11.3. The first-order valence-electron chi connectivity index (χ1n) is 6.08. The first-order valence-corrected chi connectivity index (χ1v) is 6.08. The molecule has 1 heterocycles. The van der Waals surface area contributed by atoms with Crippen LogP contribution in [0.15, 0.2) is 18.3 Å². The Balaban J connectivity index is 2.25. The monoisotopic (exact) mass is 266 g/mol. The molecule has 0 atom stereocenters. The minimum Gasteiger partial charge on any atom is -0.309 e. The average molecular weight is 266 g/mol. The number of aryl methyl sites for hydroxylation is 1. The standard InChI is InChI=1S/C13H16F2N4/c1-8(2)16-6-10-7-19(18-17-10)13-5-11(14)9(3)4-12(13)15/h4-5,7-8,16H,6H2,1-3H3. The molecule has 2 rings (SSSR count). The van der Waals surface area contributed by atoms with E-state index < -0.39 is 11.6 Å². The van der Waals surface area contributed by atoms with Gasteiger partial charge < -0.3 is 5.32 Å². The smallest absolute Gasteiger partial charge is 0.149 e. The number of rotatable bonds is 4. The molecule has 0 unspecified atom stereocenters. The number of nitrogens with one attached hydrogen (secondary N) is 1. The van der Waals surface area contributed by atoms with Crippen LogP contribution in [0, 0.1) is 18.6 Å². The minimum absolute atomic E-state index is 0.0615. The van der Waals surface area contributed by atoms with Gasteiger partial charge in [0.1, 0.15) is 17.3 Å². The van der Waals surface area contributed by atoms with Gasteiger partial charge >= 0.3 is 0 Å². The van der Waals surface area contributed by atoms with Crippen molar-refractivity contribution in [3.05, 3.63) is 41.2 Å². The van der Waals surface area contributed by atoms with E-state index in [1.165, 1.54) is 11.6 Å². The Morgan fingerprint density at radius 1 is 1.26 bits per heavy atom. The van der Waals surface area contributed by atoms with Crippen LogP contribution in [0.1, 0.15) is 25.1 Å². The summed E-state index contributed by atoms with van der Waals surface area (Å²) in [5.41, 5.74) is 1.00. The number of hydrogen-bond acceptors (Lipinski definition) is 3. The van der Waals surface area contributed by atoms with Gasteiger partial charge in [-0.15, -0.1) is 5.10 Å². The van der Waals surface area contributed by atoms with Crippen LogP contribution in [0.5, 0.6) is 0 Å². The largest absolute Gasteiger partial charge is 0.309 e. The molecule has 1 N–H and O–H groups in total. The second-order valence-corrected chi connectivity index (χ2v) is 4.74. The zero-order chi connectivity index (χ0) is 14.0. The molecule has 19 heavy (non-hydrogen) atoms. The number of nitrogens with zero attached hydrogens (tertiary/aromatic N) is 3.